The van der Waals surface area contributed by atoms with Crippen LogP contribution < -0.4 is 4.90 Å². The van der Waals surface area contributed by atoms with E-state index in [1.165, 1.54) is 4.90 Å². The second kappa shape index (κ2) is 7.22. The molecule has 0 radical (unpaired) electrons. The molecular weight excluding hydrogens is 346 g/mol. The molecule has 0 atom stereocenters. The average molecular weight is 365 g/mol. The standard InChI is InChI=1S/C20H19N3O2S/c1-4-22-16-8-6-7-9-17(16)26-18(22)11-10-14-13(3)15(12-21)20(25)23(5-2)19(14)24/h6-11H,4-5H2,1-3H3/b14-10+,18-11+. The lowest BCUT2D eigenvalue weighted by atomic mass is 9.95. The number of likely N-dealkylation sites (N-methyl/N-ethyl adjacent to an activating group) is 1. The minimum absolute atomic E-state index is 0.0332. The van der Waals surface area contributed by atoms with Crippen molar-refractivity contribution in [3.8, 4) is 6.07 Å². The van der Waals surface area contributed by atoms with Crippen molar-refractivity contribution in [3.05, 3.63) is 58.2 Å². The monoisotopic (exact) mass is 365 g/mol. The summed E-state index contributed by atoms with van der Waals surface area (Å²) in [4.78, 5) is 29.4. The van der Waals surface area contributed by atoms with E-state index < -0.39 is 5.91 Å². The number of imide groups is 1. The molecule has 2 heterocycles. The van der Waals surface area contributed by atoms with Crippen molar-refractivity contribution in [2.45, 2.75) is 25.7 Å². The predicted octanol–water partition coefficient (Wildman–Crippen LogP) is 3.62. The molecule has 2 aliphatic heterocycles. The van der Waals surface area contributed by atoms with E-state index >= 15 is 0 Å². The highest BCUT2D eigenvalue weighted by molar-refractivity contribution is 8.03. The summed E-state index contributed by atoms with van der Waals surface area (Å²) in [5.74, 6) is -0.866. The summed E-state index contributed by atoms with van der Waals surface area (Å²) in [6.45, 7) is 6.51. The topological polar surface area (TPSA) is 64.4 Å². The van der Waals surface area contributed by atoms with Crippen LogP contribution in [0.3, 0.4) is 0 Å². The maximum Gasteiger partial charge on any atom is 0.271 e. The molecule has 0 unspecified atom stereocenters. The third kappa shape index (κ3) is 2.85. The number of benzene rings is 1. The van der Waals surface area contributed by atoms with Crippen molar-refractivity contribution in [1.29, 1.82) is 5.26 Å². The summed E-state index contributed by atoms with van der Waals surface area (Å²) in [5, 5.41) is 10.3. The highest BCUT2D eigenvalue weighted by atomic mass is 32.2. The zero-order chi connectivity index (χ0) is 18.8. The van der Waals surface area contributed by atoms with Gasteiger partial charge in [-0.1, -0.05) is 23.9 Å². The maximum absolute atomic E-state index is 12.7. The van der Waals surface area contributed by atoms with Gasteiger partial charge in [0, 0.05) is 23.6 Å². The molecule has 5 nitrogen and oxygen atoms in total. The summed E-state index contributed by atoms with van der Waals surface area (Å²) in [6.07, 6.45) is 3.62. The number of anilines is 1. The summed E-state index contributed by atoms with van der Waals surface area (Å²) in [7, 11) is 0. The Kier molecular flexibility index (Phi) is 5.01. The van der Waals surface area contributed by atoms with E-state index in [1.807, 2.05) is 24.3 Å². The molecule has 0 N–H and O–H groups in total. The molecule has 0 bridgehead atoms. The first kappa shape index (κ1) is 18.0. The van der Waals surface area contributed by atoms with Crippen molar-refractivity contribution < 1.29 is 9.59 Å². The second-order valence-corrected chi connectivity index (χ2v) is 6.93. The number of carbonyl (C=O) groups is 2. The molecule has 0 fully saturated rings. The predicted molar refractivity (Wildman–Crippen MR) is 102 cm³/mol. The Labute approximate surface area is 157 Å². The van der Waals surface area contributed by atoms with Gasteiger partial charge in [0.05, 0.1) is 10.7 Å². The molecule has 132 valence electrons. The number of hydrogen-bond donors (Lipinski definition) is 0. The number of nitrogens with zero attached hydrogens (tertiary/aromatic N) is 3. The van der Waals surface area contributed by atoms with E-state index in [9.17, 15) is 14.9 Å². The van der Waals surface area contributed by atoms with Gasteiger partial charge < -0.3 is 4.90 Å². The number of hydrogen-bond acceptors (Lipinski definition) is 5. The fourth-order valence-corrected chi connectivity index (χ4v) is 4.23. The number of nitriles is 1. The Morgan fingerprint density at radius 1 is 1.08 bits per heavy atom. The molecule has 6 heteroatoms. The summed E-state index contributed by atoms with van der Waals surface area (Å²) in [5.41, 5.74) is 2.01. The molecule has 0 saturated heterocycles. The molecule has 3 rings (SSSR count). The van der Waals surface area contributed by atoms with Gasteiger partial charge >= 0.3 is 0 Å². The number of allylic oxidation sites excluding steroid dienone is 2. The summed E-state index contributed by atoms with van der Waals surface area (Å²) in [6, 6.07) is 10.1. The van der Waals surface area contributed by atoms with E-state index in [-0.39, 0.29) is 18.0 Å². The number of carbonyl (C=O) groups excluding carboxylic acids is 2. The number of fused-ring (bicyclic) bond motifs is 1. The highest BCUT2D eigenvalue weighted by Gasteiger charge is 2.34. The van der Waals surface area contributed by atoms with Gasteiger partial charge in [-0.15, -0.1) is 0 Å². The molecule has 0 aliphatic carbocycles. The van der Waals surface area contributed by atoms with Crippen LogP contribution >= 0.6 is 11.8 Å². The van der Waals surface area contributed by atoms with Crippen LogP contribution in [0.1, 0.15) is 20.8 Å². The number of rotatable bonds is 3. The number of amides is 2. The number of thioether (sulfide) groups is 1. The third-order valence-electron chi connectivity index (χ3n) is 4.49. The van der Waals surface area contributed by atoms with Gasteiger partial charge in [0.15, 0.2) is 0 Å². The second-order valence-electron chi connectivity index (χ2n) is 5.87. The maximum atomic E-state index is 12.7. The Hall–Kier alpha value is -2.78. The van der Waals surface area contributed by atoms with Crippen LogP contribution in [0.15, 0.2) is 63.1 Å². The number of para-hydroxylation sites is 1. The largest absolute Gasteiger partial charge is 0.335 e. The zero-order valence-corrected chi connectivity index (χ0v) is 15.8. The summed E-state index contributed by atoms with van der Waals surface area (Å²) >= 11 is 1.64. The smallest absolute Gasteiger partial charge is 0.271 e. The lowest BCUT2D eigenvalue weighted by Crippen LogP contribution is -2.42. The first-order valence-electron chi connectivity index (χ1n) is 8.47. The van der Waals surface area contributed by atoms with Crippen molar-refractivity contribution in [2.75, 3.05) is 18.0 Å². The SMILES string of the molecule is CCN1C(=O)C(C#N)=C(C)/C(=C\C=C2\Sc3ccccc3N2CC)C1=O. The van der Waals surface area contributed by atoms with E-state index in [0.717, 1.165) is 22.2 Å². The molecule has 1 aromatic carbocycles. The van der Waals surface area contributed by atoms with Crippen LogP contribution in [0.25, 0.3) is 0 Å². The summed E-state index contributed by atoms with van der Waals surface area (Å²) < 4.78 is 0. The first-order chi connectivity index (χ1) is 12.5. The van der Waals surface area contributed by atoms with Crippen molar-refractivity contribution in [3.63, 3.8) is 0 Å². The lowest BCUT2D eigenvalue weighted by molar-refractivity contribution is -0.140. The van der Waals surface area contributed by atoms with Gasteiger partial charge in [0.25, 0.3) is 11.8 Å². The Bertz CT molecular complexity index is 921. The highest BCUT2D eigenvalue weighted by Crippen LogP contribution is 2.45. The van der Waals surface area contributed by atoms with Crippen molar-refractivity contribution in [1.82, 2.24) is 4.90 Å². The minimum Gasteiger partial charge on any atom is -0.335 e. The minimum atomic E-state index is -0.514. The van der Waals surface area contributed by atoms with Crippen LogP contribution in [0, 0.1) is 11.3 Å². The van der Waals surface area contributed by atoms with Crippen molar-refractivity contribution in [2.24, 2.45) is 0 Å². The van der Waals surface area contributed by atoms with Gasteiger partial charge in [-0.25, -0.2) is 0 Å². The molecule has 2 aliphatic rings. The zero-order valence-electron chi connectivity index (χ0n) is 14.9. The molecule has 26 heavy (non-hydrogen) atoms. The normalized spacial score (nSPS) is 20.2. The van der Waals surface area contributed by atoms with Crippen molar-refractivity contribution >= 4 is 29.3 Å². The quantitative estimate of drug-likeness (QED) is 0.605. The first-order valence-corrected chi connectivity index (χ1v) is 9.29. The lowest BCUT2D eigenvalue weighted by Gasteiger charge is -2.26. The Morgan fingerprint density at radius 3 is 2.42 bits per heavy atom. The van der Waals surface area contributed by atoms with Gasteiger partial charge in [0.1, 0.15) is 11.6 Å². The van der Waals surface area contributed by atoms with Crippen LogP contribution in [0.5, 0.6) is 0 Å². The van der Waals surface area contributed by atoms with Gasteiger partial charge in [-0.2, -0.15) is 5.26 Å². The van der Waals surface area contributed by atoms with Crippen LogP contribution in [-0.2, 0) is 9.59 Å². The van der Waals surface area contributed by atoms with E-state index in [4.69, 9.17) is 0 Å². The van der Waals surface area contributed by atoms with Gasteiger partial charge in [-0.3, -0.25) is 14.5 Å². The molecule has 2 amide bonds. The van der Waals surface area contributed by atoms with Crippen LogP contribution in [-0.4, -0.2) is 29.8 Å². The van der Waals surface area contributed by atoms with E-state index in [1.54, 1.807) is 31.7 Å². The molecule has 1 aromatic rings. The molecular formula is C20H19N3O2S. The molecule has 0 saturated carbocycles. The van der Waals surface area contributed by atoms with Gasteiger partial charge in [0.2, 0.25) is 0 Å². The Balaban J connectivity index is 2.03. The van der Waals surface area contributed by atoms with E-state index in [2.05, 4.69) is 24.0 Å². The Morgan fingerprint density at radius 2 is 1.77 bits per heavy atom. The van der Waals surface area contributed by atoms with Gasteiger partial charge in [-0.05, 0) is 50.6 Å². The fraction of sp³-hybridized carbons (Fsp3) is 0.250. The van der Waals surface area contributed by atoms with Crippen LogP contribution in [0.4, 0.5) is 5.69 Å². The fourth-order valence-electron chi connectivity index (χ4n) is 3.10. The van der Waals surface area contributed by atoms with E-state index in [0.29, 0.717) is 11.1 Å². The third-order valence-corrected chi connectivity index (χ3v) is 5.62. The average Bonchev–Trinajstić information content (AvgIpc) is 2.99. The molecule has 0 aromatic heterocycles. The van der Waals surface area contributed by atoms with Crippen LogP contribution in [0.2, 0.25) is 0 Å². The molecule has 0 spiro atoms.